The molecule has 0 bridgehead atoms. The summed E-state index contributed by atoms with van der Waals surface area (Å²) < 4.78 is 0. The zero-order valence-electron chi connectivity index (χ0n) is 10.9. The van der Waals surface area contributed by atoms with Gasteiger partial charge in [-0.15, -0.1) is 0 Å². The van der Waals surface area contributed by atoms with Crippen LogP contribution in [0, 0.1) is 11.3 Å². The molecule has 1 rings (SSSR count). The Morgan fingerprint density at radius 1 is 1.59 bits per heavy atom. The molecule has 5 heteroatoms. The summed E-state index contributed by atoms with van der Waals surface area (Å²) in [6, 6.07) is 2.04. The maximum Gasteiger partial charge on any atom is 0.240 e. The van der Waals surface area contributed by atoms with Crippen LogP contribution in [-0.2, 0) is 4.79 Å². The minimum atomic E-state index is -0.334. The number of hydrogen-bond acceptors (Lipinski definition) is 4. The van der Waals surface area contributed by atoms with Gasteiger partial charge in [-0.05, 0) is 27.4 Å². The first-order valence-electron chi connectivity index (χ1n) is 6.11. The van der Waals surface area contributed by atoms with Gasteiger partial charge in [0.1, 0.15) is 6.04 Å². The van der Waals surface area contributed by atoms with Gasteiger partial charge >= 0.3 is 0 Å². The summed E-state index contributed by atoms with van der Waals surface area (Å²) in [5.41, 5.74) is 0. The zero-order valence-corrected chi connectivity index (χ0v) is 10.9. The van der Waals surface area contributed by atoms with Gasteiger partial charge in [-0.3, -0.25) is 4.79 Å². The molecule has 0 saturated carbocycles. The van der Waals surface area contributed by atoms with E-state index in [1.165, 1.54) is 0 Å². The number of carbonyl (C=O) groups is 1. The van der Waals surface area contributed by atoms with Crippen molar-refractivity contribution in [1.82, 2.24) is 15.1 Å². The molecule has 1 aliphatic rings. The fraction of sp³-hybridized carbons (Fsp3) is 0.833. The normalized spacial score (nSPS) is 25.8. The fourth-order valence-electron chi connectivity index (χ4n) is 1.96. The molecule has 0 aromatic rings. The Balaban J connectivity index is 2.63. The average Bonchev–Trinajstić information content (AvgIpc) is 2.39. The lowest BCUT2D eigenvalue weighted by molar-refractivity contribution is -0.132. The third kappa shape index (κ3) is 4.33. The first-order valence-corrected chi connectivity index (χ1v) is 6.11. The van der Waals surface area contributed by atoms with Crippen LogP contribution in [0.1, 0.15) is 19.8 Å². The van der Waals surface area contributed by atoms with E-state index >= 15 is 0 Å². The standard InChI is InChI=1S/C12H22N4O/c1-10-5-7-16(9-8-15(2)3)12(17)11(14-10)4-6-13/h10-11,14H,4-5,7-9H2,1-3H3. The van der Waals surface area contributed by atoms with Crippen LogP contribution in [0.4, 0.5) is 0 Å². The second kappa shape index (κ2) is 6.58. The molecule has 1 N–H and O–H groups in total. The first-order chi connectivity index (χ1) is 8.04. The summed E-state index contributed by atoms with van der Waals surface area (Å²) in [7, 11) is 3.99. The van der Waals surface area contributed by atoms with Crippen molar-refractivity contribution < 1.29 is 4.79 Å². The summed E-state index contributed by atoms with van der Waals surface area (Å²) in [5, 5.41) is 12.0. The van der Waals surface area contributed by atoms with Crippen LogP contribution in [0.3, 0.4) is 0 Å². The molecule has 2 unspecified atom stereocenters. The Hall–Kier alpha value is -1.12. The maximum atomic E-state index is 12.2. The van der Waals surface area contributed by atoms with Gasteiger partial charge < -0.3 is 15.1 Å². The molecular formula is C12H22N4O. The minimum Gasteiger partial charge on any atom is -0.340 e. The van der Waals surface area contributed by atoms with Crippen LogP contribution in [-0.4, -0.2) is 61.5 Å². The van der Waals surface area contributed by atoms with E-state index < -0.39 is 0 Å². The van der Waals surface area contributed by atoms with E-state index in [4.69, 9.17) is 5.26 Å². The number of likely N-dealkylation sites (N-methyl/N-ethyl adjacent to an activating group) is 1. The number of carbonyl (C=O) groups excluding carboxylic acids is 1. The van der Waals surface area contributed by atoms with Crippen LogP contribution in [0.5, 0.6) is 0 Å². The van der Waals surface area contributed by atoms with Crippen molar-refractivity contribution in [2.75, 3.05) is 33.7 Å². The molecule has 5 nitrogen and oxygen atoms in total. The van der Waals surface area contributed by atoms with Gasteiger partial charge in [-0.1, -0.05) is 0 Å². The lowest BCUT2D eigenvalue weighted by Gasteiger charge is -2.24. The molecule has 0 aromatic heterocycles. The van der Waals surface area contributed by atoms with Crippen molar-refractivity contribution in [3.63, 3.8) is 0 Å². The number of hydrogen-bond donors (Lipinski definition) is 1. The molecular weight excluding hydrogens is 216 g/mol. The molecule has 1 saturated heterocycles. The number of nitrogens with zero attached hydrogens (tertiary/aromatic N) is 3. The van der Waals surface area contributed by atoms with E-state index in [-0.39, 0.29) is 18.4 Å². The first kappa shape index (κ1) is 13.9. The van der Waals surface area contributed by atoms with Crippen LogP contribution in [0.25, 0.3) is 0 Å². The van der Waals surface area contributed by atoms with Gasteiger partial charge in [0.05, 0.1) is 12.5 Å². The van der Waals surface area contributed by atoms with E-state index in [0.29, 0.717) is 6.04 Å². The van der Waals surface area contributed by atoms with Gasteiger partial charge in [-0.2, -0.15) is 5.26 Å². The van der Waals surface area contributed by atoms with Crippen molar-refractivity contribution in [1.29, 1.82) is 5.26 Å². The fourth-order valence-corrected chi connectivity index (χ4v) is 1.96. The molecule has 0 aromatic carbocycles. The quantitative estimate of drug-likeness (QED) is 0.751. The molecule has 1 amide bonds. The van der Waals surface area contributed by atoms with Crippen molar-refractivity contribution in [2.45, 2.75) is 31.8 Å². The highest BCUT2D eigenvalue weighted by Crippen LogP contribution is 2.09. The topological polar surface area (TPSA) is 59.4 Å². The molecule has 0 spiro atoms. The predicted molar refractivity (Wildman–Crippen MR) is 66.4 cm³/mol. The second-order valence-corrected chi connectivity index (χ2v) is 4.90. The van der Waals surface area contributed by atoms with Gasteiger partial charge in [-0.25, -0.2) is 0 Å². The lowest BCUT2D eigenvalue weighted by Crippen LogP contribution is -2.46. The van der Waals surface area contributed by atoms with Crippen molar-refractivity contribution in [3.8, 4) is 6.07 Å². The van der Waals surface area contributed by atoms with Gasteiger partial charge in [0.25, 0.3) is 0 Å². The van der Waals surface area contributed by atoms with E-state index in [0.717, 1.165) is 26.1 Å². The summed E-state index contributed by atoms with van der Waals surface area (Å²) in [6.07, 6.45) is 1.20. The molecule has 1 fully saturated rings. The van der Waals surface area contributed by atoms with Crippen LogP contribution in [0.2, 0.25) is 0 Å². The third-order valence-corrected chi connectivity index (χ3v) is 3.04. The summed E-state index contributed by atoms with van der Waals surface area (Å²) >= 11 is 0. The van der Waals surface area contributed by atoms with E-state index in [2.05, 4.69) is 23.2 Å². The van der Waals surface area contributed by atoms with Crippen LogP contribution >= 0.6 is 0 Å². The molecule has 1 aliphatic heterocycles. The zero-order chi connectivity index (χ0) is 12.8. The number of nitrogens with one attached hydrogen (secondary N) is 1. The summed E-state index contributed by atoms with van der Waals surface area (Å²) in [6.45, 7) is 4.44. The predicted octanol–water partition coefficient (Wildman–Crippen LogP) is 0.0407. The smallest absolute Gasteiger partial charge is 0.240 e. The Morgan fingerprint density at radius 2 is 2.29 bits per heavy atom. The molecule has 0 radical (unpaired) electrons. The van der Waals surface area contributed by atoms with E-state index in [1.807, 2.05) is 19.0 Å². The average molecular weight is 238 g/mol. The Morgan fingerprint density at radius 3 is 2.88 bits per heavy atom. The minimum absolute atomic E-state index is 0.0674. The Bertz CT molecular complexity index is 297. The number of nitriles is 1. The highest BCUT2D eigenvalue weighted by Gasteiger charge is 2.28. The highest BCUT2D eigenvalue weighted by atomic mass is 16.2. The maximum absolute atomic E-state index is 12.2. The van der Waals surface area contributed by atoms with E-state index in [1.54, 1.807) is 0 Å². The second-order valence-electron chi connectivity index (χ2n) is 4.90. The largest absolute Gasteiger partial charge is 0.340 e. The molecule has 2 atom stereocenters. The van der Waals surface area contributed by atoms with Crippen molar-refractivity contribution >= 4 is 5.91 Å². The Kier molecular flexibility index (Phi) is 5.39. The number of amides is 1. The lowest BCUT2D eigenvalue weighted by atomic mass is 10.2. The molecule has 96 valence electrons. The Labute approximate surface area is 103 Å². The van der Waals surface area contributed by atoms with Gasteiger partial charge in [0.15, 0.2) is 0 Å². The van der Waals surface area contributed by atoms with Gasteiger partial charge in [0.2, 0.25) is 5.91 Å². The van der Waals surface area contributed by atoms with Crippen LogP contribution in [0.15, 0.2) is 0 Å². The molecule has 17 heavy (non-hydrogen) atoms. The number of rotatable bonds is 4. The van der Waals surface area contributed by atoms with E-state index in [9.17, 15) is 4.79 Å². The van der Waals surface area contributed by atoms with Crippen molar-refractivity contribution in [3.05, 3.63) is 0 Å². The molecule has 1 heterocycles. The summed E-state index contributed by atoms with van der Waals surface area (Å²) in [5.74, 6) is 0.0674. The van der Waals surface area contributed by atoms with Crippen molar-refractivity contribution in [2.24, 2.45) is 0 Å². The van der Waals surface area contributed by atoms with Gasteiger partial charge in [0, 0.05) is 25.7 Å². The van der Waals surface area contributed by atoms with Crippen LogP contribution < -0.4 is 5.32 Å². The SMILES string of the molecule is CC1CCN(CCN(C)C)C(=O)C(CC#N)N1. The highest BCUT2D eigenvalue weighted by molar-refractivity contribution is 5.82. The molecule has 0 aliphatic carbocycles. The third-order valence-electron chi connectivity index (χ3n) is 3.04. The monoisotopic (exact) mass is 238 g/mol. The summed E-state index contributed by atoms with van der Waals surface area (Å²) in [4.78, 5) is 16.1.